The molecule has 0 N–H and O–H groups in total. The van der Waals surface area contributed by atoms with Gasteiger partial charge in [0.2, 0.25) is 5.67 Å². The summed E-state index contributed by atoms with van der Waals surface area (Å²) >= 11 is 0. The molecule has 0 fully saturated rings. The van der Waals surface area contributed by atoms with Crippen molar-refractivity contribution >= 4 is 5.97 Å². The largest absolute Gasteiger partial charge is 0.490 e. The highest BCUT2D eigenvalue weighted by Gasteiger charge is 2.34. The Bertz CT molecular complexity index is 1140. The second-order valence-electron chi connectivity index (χ2n) is 9.22. The van der Waals surface area contributed by atoms with Gasteiger partial charge in [0.1, 0.15) is 24.3 Å². The molecule has 1 heterocycles. The lowest BCUT2D eigenvalue weighted by atomic mass is 10.00. The van der Waals surface area contributed by atoms with E-state index in [0.29, 0.717) is 29.1 Å². The molecule has 3 atom stereocenters. The number of ether oxygens (including phenoxy) is 2. The van der Waals surface area contributed by atoms with Crippen molar-refractivity contribution in [1.82, 2.24) is 9.97 Å². The fourth-order valence-corrected chi connectivity index (χ4v) is 3.61. The van der Waals surface area contributed by atoms with E-state index in [1.807, 2.05) is 0 Å². The first-order valence-electron chi connectivity index (χ1n) is 12.5. The first-order chi connectivity index (χ1) is 17.7. The minimum atomic E-state index is -2.04. The molecular formula is C29H33F3N2O3. The maximum atomic E-state index is 14.7. The van der Waals surface area contributed by atoms with Gasteiger partial charge in [-0.1, -0.05) is 50.5 Å². The lowest BCUT2D eigenvalue weighted by Crippen LogP contribution is -2.34. The van der Waals surface area contributed by atoms with Crippen LogP contribution in [0.1, 0.15) is 52.9 Å². The number of nitrogens with zero attached hydrogens (tertiary/aromatic N) is 2. The van der Waals surface area contributed by atoms with Gasteiger partial charge in [-0.05, 0) is 56.5 Å². The first kappa shape index (κ1) is 28.2. The Kier molecular flexibility index (Phi) is 10.1. The summed E-state index contributed by atoms with van der Waals surface area (Å²) in [6.07, 6.45) is 3.58. The number of hydrogen-bond donors (Lipinski definition) is 0. The fourth-order valence-electron chi connectivity index (χ4n) is 3.61. The first-order valence-corrected chi connectivity index (χ1v) is 12.5. The number of carbonyl (C=O) groups excluding carboxylic acids is 1. The average molecular weight is 515 g/mol. The summed E-state index contributed by atoms with van der Waals surface area (Å²) in [5.41, 5.74) is 0.00158. The number of esters is 1. The maximum Gasteiger partial charge on any atom is 0.348 e. The minimum absolute atomic E-state index is 0.130. The molecule has 1 aromatic heterocycles. The molecule has 198 valence electrons. The Labute approximate surface area is 216 Å². The predicted molar refractivity (Wildman–Crippen MR) is 138 cm³/mol. The van der Waals surface area contributed by atoms with Crippen LogP contribution in [0.4, 0.5) is 13.2 Å². The van der Waals surface area contributed by atoms with E-state index in [1.54, 1.807) is 60.9 Å². The van der Waals surface area contributed by atoms with E-state index in [2.05, 4.69) is 16.9 Å². The molecular weight excluding hydrogens is 481 g/mol. The van der Waals surface area contributed by atoms with Gasteiger partial charge in [-0.3, -0.25) is 0 Å². The number of para-hydroxylation sites is 1. The van der Waals surface area contributed by atoms with Crippen LogP contribution in [0.3, 0.4) is 0 Å². The third-order valence-corrected chi connectivity index (χ3v) is 6.00. The second-order valence-corrected chi connectivity index (χ2v) is 9.22. The molecule has 0 aliphatic rings. The van der Waals surface area contributed by atoms with Crippen molar-refractivity contribution < 1.29 is 27.4 Å². The van der Waals surface area contributed by atoms with Crippen LogP contribution < -0.4 is 9.47 Å². The van der Waals surface area contributed by atoms with Gasteiger partial charge in [-0.15, -0.1) is 0 Å². The lowest BCUT2D eigenvalue weighted by Gasteiger charge is -2.18. The van der Waals surface area contributed by atoms with Crippen molar-refractivity contribution in [3.63, 3.8) is 0 Å². The number of unbranched alkanes of at least 4 members (excludes halogenated alkanes) is 3. The molecule has 0 spiro atoms. The number of alkyl halides is 3. The van der Waals surface area contributed by atoms with Crippen LogP contribution >= 0.6 is 0 Å². The van der Waals surface area contributed by atoms with Crippen molar-refractivity contribution in [3.05, 3.63) is 60.9 Å². The van der Waals surface area contributed by atoms with E-state index < -0.39 is 30.6 Å². The summed E-state index contributed by atoms with van der Waals surface area (Å²) in [5, 5.41) is 0. The Hall–Kier alpha value is -3.42. The smallest absolute Gasteiger partial charge is 0.348 e. The molecule has 5 nitrogen and oxygen atoms in total. The third-order valence-electron chi connectivity index (χ3n) is 6.00. The van der Waals surface area contributed by atoms with Crippen molar-refractivity contribution in [2.45, 2.75) is 70.9 Å². The summed E-state index contributed by atoms with van der Waals surface area (Å²) in [6, 6.07) is 13.5. The molecule has 0 bridgehead atoms. The summed E-state index contributed by atoms with van der Waals surface area (Å²) in [6.45, 7) is 4.06. The quantitative estimate of drug-likeness (QED) is 0.134. The number of benzene rings is 2. The molecule has 0 aliphatic carbocycles. The molecule has 8 heteroatoms. The van der Waals surface area contributed by atoms with Gasteiger partial charge in [0.25, 0.3) is 0 Å². The highest BCUT2D eigenvalue weighted by atomic mass is 19.2. The maximum absolute atomic E-state index is 14.7. The summed E-state index contributed by atoms with van der Waals surface area (Å²) in [4.78, 5) is 21.1. The van der Waals surface area contributed by atoms with E-state index in [0.717, 1.165) is 31.7 Å². The standard InChI is InChI=1S/C29H33F3N2O3/c1-4-5-6-9-16-29(3,32)28(35)37-23-14-12-21(13-15-23)22-17-33-27(34-18-22)24-10-7-8-11-26(24)36-19-25(31)20(2)30/h7-8,10-15,17-18,20,25H,4-6,9,16,19H2,1-3H3. The number of halogens is 3. The SMILES string of the molecule is CCCCCCC(C)(F)C(=O)Oc1ccc(-c2cnc(-c3ccccc3OCC(F)C(C)F)nc2)cc1. The van der Waals surface area contributed by atoms with Crippen LogP contribution in [0.5, 0.6) is 11.5 Å². The summed E-state index contributed by atoms with van der Waals surface area (Å²) < 4.78 is 52.2. The van der Waals surface area contributed by atoms with Gasteiger partial charge in [0.15, 0.2) is 12.0 Å². The summed E-state index contributed by atoms with van der Waals surface area (Å²) in [5.74, 6) is 0.0821. The number of carbonyl (C=O) groups is 1. The van der Waals surface area contributed by atoms with Crippen LogP contribution in [0.15, 0.2) is 60.9 Å². The Morgan fingerprint density at radius 2 is 1.65 bits per heavy atom. The van der Waals surface area contributed by atoms with Gasteiger partial charge in [0, 0.05) is 18.0 Å². The zero-order chi connectivity index (χ0) is 26.8. The van der Waals surface area contributed by atoms with Crippen molar-refractivity contribution in [2.75, 3.05) is 6.61 Å². The molecule has 3 rings (SSSR count). The van der Waals surface area contributed by atoms with Gasteiger partial charge in [-0.25, -0.2) is 27.9 Å². The van der Waals surface area contributed by atoms with E-state index in [1.165, 1.54) is 6.92 Å². The van der Waals surface area contributed by atoms with Crippen LogP contribution in [-0.2, 0) is 4.79 Å². The zero-order valence-corrected chi connectivity index (χ0v) is 21.4. The number of aromatic nitrogens is 2. The normalized spacial score (nSPS) is 14.4. The van der Waals surface area contributed by atoms with E-state index in [4.69, 9.17) is 9.47 Å². The lowest BCUT2D eigenvalue weighted by molar-refractivity contribution is -0.147. The monoisotopic (exact) mass is 514 g/mol. The van der Waals surface area contributed by atoms with E-state index >= 15 is 0 Å². The Morgan fingerprint density at radius 3 is 2.30 bits per heavy atom. The van der Waals surface area contributed by atoms with Crippen LogP contribution in [-0.4, -0.2) is 40.6 Å². The van der Waals surface area contributed by atoms with E-state index in [-0.39, 0.29) is 12.2 Å². The number of rotatable bonds is 13. The Balaban J connectivity index is 1.64. The number of hydrogen-bond acceptors (Lipinski definition) is 5. The molecule has 37 heavy (non-hydrogen) atoms. The molecule has 3 unspecified atom stereocenters. The second kappa shape index (κ2) is 13.2. The van der Waals surface area contributed by atoms with Crippen LogP contribution in [0.25, 0.3) is 22.5 Å². The van der Waals surface area contributed by atoms with Crippen LogP contribution in [0, 0.1) is 0 Å². The molecule has 0 aliphatic heterocycles. The summed E-state index contributed by atoms with van der Waals surface area (Å²) in [7, 11) is 0. The van der Waals surface area contributed by atoms with Crippen molar-refractivity contribution in [3.8, 4) is 34.0 Å². The highest BCUT2D eigenvalue weighted by molar-refractivity contribution is 5.81. The van der Waals surface area contributed by atoms with E-state index in [9.17, 15) is 18.0 Å². The zero-order valence-electron chi connectivity index (χ0n) is 21.4. The molecule has 0 saturated heterocycles. The van der Waals surface area contributed by atoms with Crippen molar-refractivity contribution in [1.29, 1.82) is 0 Å². The van der Waals surface area contributed by atoms with Crippen LogP contribution in [0.2, 0.25) is 0 Å². The predicted octanol–water partition coefficient (Wildman–Crippen LogP) is 7.49. The third kappa shape index (κ3) is 8.03. The molecule has 0 radical (unpaired) electrons. The van der Waals surface area contributed by atoms with Gasteiger partial charge < -0.3 is 9.47 Å². The molecule has 2 aromatic carbocycles. The molecule has 3 aromatic rings. The minimum Gasteiger partial charge on any atom is -0.490 e. The van der Waals surface area contributed by atoms with Gasteiger partial charge >= 0.3 is 5.97 Å². The van der Waals surface area contributed by atoms with Crippen molar-refractivity contribution in [2.24, 2.45) is 0 Å². The Morgan fingerprint density at radius 1 is 0.973 bits per heavy atom. The van der Waals surface area contributed by atoms with Gasteiger partial charge in [-0.2, -0.15) is 0 Å². The van der Waals surface area contributed by atoms with Gasteiger partial charge in [0.05, 0.1) is 5.56 Å². The highest BCUT2D eigenvalue weighted by Crippen LogP contribution is 2.29. The average Bonchev–Trinajstić information content (AvgIpc) is 2.90. The topological polar surface area (TPSA) is 61.3 Å². The molecule has 0 saturated carbocycles. The fraction of sp³-hybridized carbons (Fsp3) is 0.414. The molecule has 0 amide bonds.